The number of amidine groups is 1. The number of carbonyl (C=O) groups is 2. The molecule has 0 aromatic heterocycles. The van der Waals surface area contributed by atoms with Crippen molar-refractivity contribution in [2.75, 3.05) is 14.2 Å². The largest absolute Gasteiger partial charge is 0.493 e. The average molecular weight is 522 g/mol. The first-order valence-corrected chi connectivity index (χ1v) is 12.9. The molecule has 1 atom stereocenters. The number of esters is 1. The first-order valence-electron chi connectivity index (χ1n) is 12.0. The Morgan fingerprint density at radius 2 is 1.84 bits per heavy atom. The maximum Gasteiger partial charge on any atom is 0.338 e. The predicted molar refractivity (Wildman–Crippen MR) is 144 cm³/mol. The minimum Gasteiger partial charge on any atom is -0.493 e. The second-order valence-electron chi connectivity index (χ2n) is 8.94. The molecule has 9 heteroatoms. The van der Waals surface area contributed by atoms with Crippen LogP contribution in [0.5, 0.6) is 11.5 Å². The van der Waals surface area contributed by atoms with Crippen molar-refractivity contribution in [3.8, 4) is 11.5 Å². The van der Waals surface area contributed by atoms with E-state index in [1.807, 2.05) is 66.6 Å². The number of para-hydroxylation sites is 1. The van der Waals surface area contributed by atoms with Gasteiger partial charge in [0.25, 0.3) is 0 Å². The quantitative estimate of drug-likeness (QED) is 0.468. The van der Waals surface area contributed by atoms with Crippen molar-refractivity contribution in [1.82, 2.24) is 10.2 Å². The molecular formula is C28H31N3O5S. The molecular weight excluding hydrogens is 490 g/mol. The third kappa shape index (κ3) is 5.67. The van der Waals surface area contributed by atoms with Crippen LogP contribution < -0.4 is 14.8 Å². The normalized spacial score (nSPS) is 16.7. The van der Waals surface area contributed by atoms with E-state index >= 15 is 0 Å². The summed E-state index contributed by atoms with van der Waals surface area (Å²) in [7, 11) is 3.13. The number of nitrogens with one attached hydrogen (secondary N) is 1. The summed E-state index contributed by atoms with van der Waals surface area (Å²) in [6.45, 7) is 5.76. The summed E-state index contributed by atoms with van der Waals surface area (Å²) in [5.41, 5.74) is 3.25. The van der Waals surface area contributed by atoms with Crippen molar-refractivity contribution in [3.63, 3.8) is 0 Å². The smallest absolute Gasteiger partial charge is 0.338 e. The Balaban J connectivity index is 1.76. The van der Waals surface area contributed by atoms with Gasteiger partial charge in [0, 0.05) is 17.3 Å². The van der Waals surface area contributed by atoms with Gasteiger partial charge in [-0.3, -0.25) is 4.79 Å². The maximum atomic E-state index is 13.6. The van der Waals surface area contributed by atoms with Crippen molar-refractivity contribution in [1.29, 1.82) is 0 Å². The van der Waals surface area contributed by atoms with E-state index in [2.05, 4.69) is 5.32 Å². The van der Waals surface area contributed by atoms with Crippen LogP contribution in [0.15, 0.2) is 75.9 Å². The number of allylic oxidation sites excluding steroid dienone is 1. The SMILES string of the molecule is COc1cccc([C@H]2C(C(=O)OCc3ccccc3)=C(C)N=C3SC=C(CC(=O)NC(C)C)N32)c1OC. The number of thioether (sulfide) groups is 1. The highest BCUT2D eigenvalue weighted by molar-refractivity contribution is 8.16. The molecule has 4 rings (SSSR count). The Morgan fingerprint density at radius 1 is 1.08 bits per heavy atom. The van der Waals surface area contributed by atoms with Crippen LogP contribution in [0.1, 0.15) is 44.4 Å². The van der Waals surface area contributed by atoms with Gasteiger partial charge in [-0.2, -0.15) is 0 Å². The van der Waals surface area contributed by atoms with E-state index < -0.39 is 12.0 Å². The fourth-order valence-corrected chi connectivity index (χ4v) is 5.35. The Labute approximate surface area is 221 Å². The van der Waals surface area contributed by atoms with Gasteiger partial charge in [0.05, 0.1) is 38.0 Å². The number of methoxy groups -OCH3 is 2. The second kappa shape index (κ2) is 11.6. The molecule has 0 aliphatic carbocycles. The van der Waals surface area contributed by atoms with Gasteiger partial charge in [-0.25, -0.2) is 9.79 Å². The molecule has 1 amide bonds. The number of nitrogens with zero attached hydrogens (tertiary/aromatic N) is 2. The number of carbonyl (C=O) groups excluding carboxylic acids is 2. The third-order valence-corrected chi connectivity index (χ3v) is 6.84. The molecule has 0 fully saturated rings. The molecule has 8 nitrogen and oxygen atoms in total. The summed E-state index contributed by atoms with van der Waals surface area (Å²) in [5.74, 6) is 0.440. The van der Waals surface area contributed by atoms with Crippen LogP contribution in [-0.4, -0.2) is 42.2 Å². The fourth-order valence-electron chi connectivity index (χ4n) is 4.39. The van der Waals surface area contributed by atoms with Gasteiger partial charge in [-0.05, 0) is 37.8 Å². The molecule has 0 saturated carbocycles. The monoisotopic (exact) mass is 521 g/mol. The Morgan fingerprint density at radius 3 is 2.51 bits per heavy atom. The highest BCUT2D eigenvalue weighted by Gasteiger charge is 2.42. The summed E-state index contributed by atoms with van der Waals surface area (Å²) in [5, 5.41) is 5.52. The standard InChI is InChI=1S/C28H31N3O5S/c1-17(2)29-23(32)14-20-16-37-28-30-18(3)24(27(33)36-15-19-10-7-6-8-11-19)25(31(20)28)21-12-9-13-22(34-4)26(21)35-5/h6-13,16-17,25H,14-15H2,1-5H3,(H,29,32)/t25-/m0/s1. The van der Waals surface area contributed by atoms with E-state index in [1.165, 1.54) is 11.8 Å². The lowest BCUT2D eigenvalue weighted by atomic mass is 9.92. The zero-order valence-electron chi connectivity index (χ0n) is 21.6. The van der Waals surface area contributed by atoms with Gasteiger partial charge >= 0.3 is 5.97 Å². The fraction of sp³-hybridized carbons (Fsp3) is 0.321. The summed E-state index contributed by atoms with van der Waals surface area (Å²) in [6.07, 6.45) is 0.137. The number of aliphatic imine (C=N–C) groups is 1. The third-order valence-electron chi connectivity index (χ3n) is 5.95. The lowest BCUT2D eigenvalue weighted by Gasteiger charge is -2.37. The van der Waals surface area contributed by atoms with Gasteiger partial charge < -0.3 is 24.4 Å². The van der Waals surface area contributed by atoms with E-state index in [0.717, 1.165) is 11.3 Å². The van der Waals surface area contributed by atoms with E-state index in [1.54, 1.807) is 27.2 Å². The molecule has 0 unspecified atom stereocenters. The average Bonchev–Trinajstić information content (AvgIpc) is 3.27. The number of ether oxygens (including phenoxy) is 3. The molecule has 2 aliphatic rings. The number of fused-ring (bicyclic) bond motifs is 1. The van der Waals surface area contributed by atoms with Crippen LogP contribution in [-0.2, 0) is 20.9 Å². The Hall–Kier alpha value is -3.72. The van der Waals surface area contributed by atoms with Crippen LogP contribution in [0.2, 0.25) is 0 Å². The molecule has 0 radical (unpaired) electrons. The summed E-state index contributed by atoms with van der Waals surface area (Å²) in [6, 6.07) is 14.4. The van der Waals surface area contributed by atoms with E-state index in [-0.39, 0.29) is 25.0 Å². The molecule has 2 aliphatic heterocycles. The maximum absolute atomic E-state index is 13.6. The Kier molecular flexibility index (Phi) is 8.23. The van der Waals surface area contributed by atoms with Crippen LogP contribution in [0, 0.1) is 0 Å². The van der Waals surface area contributed by atoms with Crippen LogP contribution in [0.4, 0.5) is 0 Å². The Bertz CT molecular complexity index is 1270. The van der Waals surface area contributed by atoms with Gasteiger partial charge in [-0.1, -0.05) is 54.2 Å². The molecule has 2 aromatic carbocycles. The summed E-state index contributed by atoms with van der Waals surface area (Å²) in [4.78, 5) is 33.0. The first-order chi connectivity index (χ1) is 17.8. The lowest BCUT2D eigenvalue weighted by molar-refractivity contribution is -0.141. The number of hydrogen-bond donors (Lipinski definition) is 1. The molecule has 37 heavy (non-hydrogen) atoms. The summed E-state index contributed by atoms with van der Waals surface area (Å²) < 4.78 is 17.1. The highest BCUT2D eigenvalue weighted by Crippen LogP contribution is 2.48. The van der Waals surface area contributed by atoms with Crippen molar-refractivity contribution >= 4 is 28.8 Å². The molecule has 0 bridgehead atoms. The number of hydrogen-bond acceptors (Lipinski definition) is 8. The molecule has 0 spiro atoms. The summed E-state index contributed by atoms with van der Waals surface area (Å²) >= 11 is 1.42. The van der Waals surface area contributed by atoms with Gasteiger partial charge in [0.2, 0.25) is 5.91 Å². The van der Waals surface area contributed by atoms with E-state index in [0.29, 0.717) is 33.5 Å². The minimum absolute atomic E-state index is 0.0107. The zero-order chi connectivity index (χ0) is 26.5. The van der Waals surface area contributed by atoms with Gasteiger partial charge in [0.15, 0.2) is 16.7 Å². The van der Waals surface area contributed by atoms with Crippen molar-refractivity contribution in [3.05, 3.63) is 82.0 Å². The predicted octanol–water partition coefficient (Wildman–Crippen LogP) is 4.94. The highest BCUT2D eigenvalue weighted by atomic mass is 32.2. The lowest BCUT2D eigenvalue weighted by Crippen LogP contribution is -2.39. The molecule has 2 heterocycles. The number of amides is 1. The van der Waals surface area contributed by atoms with Gasteiger partial charge in [0.1, 0.15) is 6.61 Å². The van der Waals surface area contributed by atoms with Crippen molar-refractivity contribution < 1.29 is 23.8 Å². The van der Waals surface area contributed by atoms with Crippen LogP contribution in [0.25, 0.3) is 0 Å². The van der Waals surface area contributed by atoms with E-state index in [4.69, 9.17) is 19.2 Å². The van der Waals surface area contributed by atoms with Gasteiger partial charge in [-0.15, -0.1) is 0 Å². The topological polar surface area (TPSA) is 89.5 Å². The molecule has 0 saturated heterocycles. The number of benzene rings is 2. The molecule has 1 N–H and O–H groups in total. The van der Waals surface area contributed by atoms with Crippen LogP contribution >= 0.6 is 11.8 Å². The van der Waals surface area contributed by atoms with Crippen molar-refractivity contribution in [2.45, 2.75) is 45.9 Å². The molecule has 2 aromatic rings. The second-order valence-corrected chi connectivity index (χ2v) is 9.77. The number of rotatable bonds is 9. The van der Waals surface area contributed by atoms with Crippen molar-refractivity contribution in [2.24, 2.45) is 4.99 Å². The van der Waals surface area contributed by atoms with Crippen LogP contribution in [0.3, 0.4) is 0 Å². The first kappa shape index (κ1) is 26.3. The zero-order valence-corrected chi connectivity index (χ0v) is 22.4. The minimum atomic E-state index is -0.631. The van der Waals surface area contributed by atoms with E-state index in [9.17, 15) is 9.59 Å². The molecule has 194 valence electrons.